The molecular formula is C12H6ClF2N3. The zero-order valence-corrected chi connectivity index (χ0v) is 9.67. The minimum Gasteiger partial charge on any atom is -0.339 e. The Morgan fingerprint density at radius 3 is 2.67 bits per heavy atom. The molecule has 0 atom stereocenters. The van der Waals surface area contributed by atoms with Crippen molar-refractivity contribution >= 4 is 23.1 Å². The first-order valence-electron chi connectivity index (χ1n) is 4.88. The Morgan fingerprint density at radius 1 is 1.22 bits per heavy atom. The number of hydrogen-bond donors (Lipinski definition) is 1. The van der Waals surface area contributed by atoms with Crippen molar-refractivity contribution in [3.8, 4) is 6.07 Å². The maximum atomic E-state index is 13.0. The van der Waals surface area contributed by atoms with Gasteiger partial charge in [-0.2, -0.15) is 5.26 Å². The summed E-state index contributed by atoms with van der Waals surface area (Å²) < 4.78 is 25.8. The maximum absolute atomic E-state index is 13.0. The zero-order valence-electron chi connectivity index (χ0n) is 8.92. The van der Waals surface area contributed by atoms with E-state index in [1.807, 2.05) is 6.07 Å². The normalized spacial score (nSPS) is 9.89. The van der Waals surface area contributed by atoms with Crippen LogP contribution in [-0.4, -0.2) is 4.98 Å². The molecule has 2 aromatic rings. The Morgan fingerprint density at radius 2 is 2.00 bits per heavy atom. The summed E-state index contributed by atoms with van der Waals surface area (Å²) in [6.45, 7) is 0. The Kier molecular flexibility index (Phi) is 3.40. The molecule has 0 bridgehead atoms. The van der Waals surface area contributed by atoms with Crippen LogP contribution in [0.5, 0.6) is 0 Å². The average Bonchev–Trinajstić information content (AvgIpc) is 2.36. The summed E-state index contributed by atoms with van der Waals surface area (Å²) in [4.78, 5) is 3.92. The highest BCUT2D eigenvalue weighted by molar-refractivity contribution is 6.34. The lowest BCUT2D eigenvalue weighted by Gasteiger charge is -2.08. The van der Waals surface area contributed by atoms with Crippen LogP contribution >= 0.6 is 11.6 Å². The number of nitriles is 1. The third-order valence-corrected chi connectivity index (χ3v) is 2.57. The first-order valence-corrected chi connectivity index (χ1v) is 5.26. The molecule has 1 N–H and O–H groups in total. The summed E-state index contributed by atoms with van der Waals surface area (Å²) in [5.74, 6) is -1.71. The largest absolute Gasteiger partial charge is 0.339 e. The second-order valence-electron chi connectivity index (χ2n) is 3.39. The zero-order chi connectivity index (χ0) is 13.1. The van der Waals surface area contributed by atoms with Gasteiger partial charge in [0.1, 0.15) is 11.1 Å². The summed E-state index contributed by atoms with van der Waals surface area (Å²) in [6.07, 6.45) is 1.40. The standard InChI is InChI=1S/C12H6ClF2N3/c13-11-7(6-16)3-4-17-12(11)18-8-1-2-9(14)10(15)5-8/h1-5H,(H,17,18). The van der Waals surface area contributed by atoms with Gasteiger partial charge in [0.15, 0.2) is 17.5 Å². The second-order valence-corrected chi connectivity index (χ2v) is 3.76. The lowest BCUT2D eigenvalue weighted by Crippen LogP contribution is -1.97. The maximum Gasteiger partial charge on any atom is 0.160 e. The molecule has 0 fully saturated rings. The van der Waals surface area contributed by atoms with Crippen LogP contribution < -0.4 is 5.32 Å². The molecule has 2 rings (SSSR count). The second kappa shape index (κ2) is 4.98. The number of rotatable bonds is 2. The van der Waals surface area contributed by atoms with Crippen molar-refractivity contribution in [1.29, 1.82) is 5.26 Å². The van der Waals surface area contributed by atoms with Crippen LogP contribution in [0.1, 0.15) is 5.56 Å². The van der Waals surface area contributed by atoms with Gasteiger partial charge in [0.2, 0.25) is 0 Å². The van der Waals surface area contributed by atoms with E-state index in [1.54, 1.807) is 0 Å². The van der Waals surface area contributed by atoms with E-state index in [2.05, 4.69) is 10.3 Å². The molecule has 0 aliphatic heterocycles. The molecule has 1 aromatic heterocycles. The number of pyridine rings is 1. The van der Waals surface area contributed by atoms with Crippen LogP contribution in [0.2, 0.25) is 5.02 Å². The number of benzene rings is 1. The van der Waals surface area contributed by atoms with Crippen molar-refractivity contribution in [1.82, 2.24) is 4.98 Å². The van der Waals surface area contributed by atoms with Crippen molar-refractivity contribution in [2.24, 2.45) is 0 Å². The van der Waals surface area contributed by atoms with Crippen LogP contribution in [0.3, 0.4) is 0 Å². The molecular weight excluding hydrogens is 260 g/mol. The summed E-state index contributed by atoms with van der Waals surface area (Å²) in [5.41, 5.74) is 0.537. The fourth-order valence-electron chi connectivity index (χ4n) is 1.33. The molecule has 0 aliphatic carbocycles. The van der Waals surface area contributed by atoms with E-state index in [4.69, 9.17) is 16.9 Å². The van der Waals surface area contributed by atoms with Crippen LogP contribution in [0, 0.1) is 23.0 Å². The smallest absolute Gasteiger partial charge is 0.160 e. The topological polar surface area (TPSA) is 48.7 Å². The molecule has 0 saturated carbocycles. The van der Waals surface area contributed by atoms with Gasteiger partial charge in [-0.3, -0.25) is 0 Å². The molecule has 0 saturated heterocycles. The van der Waals surface area contributed by atoms with Crippen LogP contribution in [0.4, 0.5) is 20.3 Å². The van der Waals surface area contributed by atoms with Crippen LogP contribution in [0.15, 0.2) is 30.5 Å². The minimum atomic E-state index is -0.979. The van der Waals surface area contributed by atoms with Gasteiger partial charge in [-0.05, 0) is 18.2 Å². The molecule has 3 nitrogen and oxygen atoms in total. The predicted octanol–water partition coefficient (Wildman–Crippen LogP) is 3.63. The highest BCUT2D eigenvalue weighted by Gasteiger charge is 2.08. The van der Waals surface area contributed by atoms with Gasteiger partial charge in [-0.25, -0.2) is 13.8 Å². The number of hydrogen-bond acceptors (Lipinski definition) is 3. The molecule has 6 heteroatoms. The number of nitrogens with one attached hydrogen (secondary N) is 1. The summed E-state index contributed by atoms with van der Waals surface area (Å²) in [5, 5.41) is 11.6. The average molecular weight is 266 g/mol. The van der Waals surface area contributed by atoms with E-state index in [1.165, 1.54) is 18.3 Å². The Bertz CT molecular complexity index is 638. The lowest BCUT2D eigenvalue weighted by molar-refractivity contribution is 0.509. The summed E-state index contributed by atoms with van der Waals surface area (Å²) >= 11 is 5.91. The fourth-order valence-corrected chi connectivity index (χ4v) is 1.53. The lowest BCUT2D eigenvalue weighted by atomic mass is 10.2. The van der Waals surface area contributed by atoms with Crippen molar-refractivity contribution < 1.29 is 8.78 Å². The fraction of sp³-hybridized carbons (Fsp3) is 0. The molecule has 1 aromatic carbocycles. The SMILES string of the molecule is N#Cc1ccnc(Nc2ccc(F)c(F)c2)c1Cl. The van der Waals surface area contributed by atoms with Gasteiger partial charge in [-0.15, -0.1) is 0 Å². The van der Waals surface area contributed by atoms with Crippen molar-refractivity contribution in [2.45, 2.75) is 0 Å². The quantitative estimate of drug-likeness (QED) is 0.902. The molecule has 18 heavy (non-hydrogen) atoms. The van der Waals surface area contributed by atoms with Gasteiger partial charge < -0.3 is 5.32 Å². The predicted molar refractivity (Wildman–Crippen MR) is 63.6 cm³/mol. The van der Waals surface area contributed by atoms with E-state index in [9.17, 15) is 8.78 Å². The molecule has 0 unspecified atom stereocenters. The highest BCUT2D eigenvalue weighted by atomic mass is 35.5. The van der Waals surface area contributed by atoms with Crippen molar-refractivity contribution in [3.63, 3.8) is 0 Å². The third kappa shape index (κ3) is 2.39. The van der Waals surface area contributed by atoms with E-state index in [-0.39, 0.29) is 16.4 Å². The first kappa shape index (κ1) is 12.3. The van der Waals surface area contributed by atoms with E-state index < -0.39 is 11.6 Å². The van der Waals surface area contributed by atoms with Gasteiger partial charge >= 0.3 is 0 Å². The van der Waals surface area contributed by atoms with Crippen LogP contribution in [0.25, 0.3) is 0 Å². The molecule has 0 radical (unpaired) electrons. The van der Waals surface area contributed by atoms with Gasteiger partial charge in [-0.1, -0.05) is 11.6 Å². The van der Waals surface area contributed by atoms with Crippen molar-refractivity contribution in [3.05, 3.63) is 52.7 Å². The van der Waals surface area contributed by atoms with Crippen molar-refractivity contribution in [2.75, 3.05) is 5.32 Å². The van der Waals surface area contributed by atoms with Crippen LogP contribution in [-0.2, 0) is 0 Å². The summed E-state index contributed by atoms with van der Waals surface area (Å²) in [6, 6.07) is 6.66. The Hall–Kier alpha value is -2.19. The highest BCUT2D eigenvalue weighted by Crippen LogP contribution is 2.26. The molecule has 1 heterocycles. The number of anilines is 2. The number of aromatic nitrogens is 1. The molecule has 90 valence electrons. The summed E-state index contributed by atoms with van der Waals surface area (Å²) in [7, 11) is 0. The number of halogens is 3. The Labute approximate surface area is 107 Å². The number of nitrogens with zero attached hydrogens (tertiary/aromatic N) is 2. The molecule has 0 amide bonds. The van der Waals surface area contributed by atoms with E-state index in [0.29, 0.717) is 5.69 Å². The van der Waals surface area contributed by atoms with E-state index >= 15 is 0 Å². The van der Waals surface area contributed by atoms with Gasteiger partial charge in [0.25, 0.3) is 0 Å². The molecule has 0 aliphatic rings. The van der Waals surface area contributed by atoms with Gasteiger partial charge in [0, 0.05) is 18.0 Å². The Balaban J connectivity index is 2.35. The van der Waals surface area contributed by atoms with Gasteiger partial charge in [0.05, 0.1) is 5.56 Å². The minimum absolute atomic E-state index is 0.129. The third-order valence-electron chi connectivity index (χ3n) is 2.19. The monoisotopic (exact) mass is 265 g/mol. The van der Waals surface area contributed by atoms with E-state index in [0.717, 1.165) is 12.1 Å². The molecule has 0 spiro atoms. The first-order chi connectivity index (χ1) is 8.61.